The maximum Gasteiger partial charge on any atom is 0.244 e. The Bertz CT molecular complexity index is 1380. The van der Waals surface area contributed by atoms with Gasteiger partial charge in [0, 0.05) is 24.6 Å². The van der Waals surface area contributed by atoms with E-state index in [1.54, 1.807) is 30.3 Å². The summed E-state index contributed by atoms with van der Waals surface area (Å²) in [7, 11) is -3.86. The quantitative estimate of drug-likeness (QED) is 0.324. The van der Waals surface area contributed by atoms with Gasteiger partial charge in [0.15, 0.2) is 0 Å². The number of carbonyl (C=O) groups is 2. The molecule has 0 saturated carbocycles. The van der Waals surface area contributed by atoms with Gasteiger partial charge in [0.2, 0.25) is 21.8 Å². The van der Waals surface area contributed by atoms with Crippen LogP contribution >= 0.6 is 0 Å². The molecule has 0 bridgehead atoms. The van der Waals surface area contributed by atoms with Crippen LogP contribution in [0.3, 0.4) is 0 Å². The van der Waals surface area contributed by atoms with E-state index in [-0.39, 0.29) is 30.5 Å². The predicted octanol–water partition coefficient (Wildman–Crippen LogP) is 4.71. The van der Waals surface area contributed by atoms with Crippen molar-refractivity contribution in [1.29, 1.82) is 0 Å². The molecule has 0 aliphatic carbocycles. The van der Waals surface area contributed by atoms with Crippen LogP contribution in [-0.4, -0.2) is 50.0 Å². The second-order valence-corrected chi connectivity index (χ2v) is 11.8. The zero-order chi connectivity index (χ0) is 29.3. The summed E-state index contributed by atoms with van der Waals surface area (Å²) in [5, 5.41) is 2.96. The van der Waals surface area contributed by atoms with Crippen molar-refractivity contribution >= 4 is 27.5 Å². The van der Waals surface area contributed by atoms with E-state index in [0.29, 0.717) is 12.1 Å². The van der Waals surface area contributed by atoms with Crippen LogP contribution in [0.1, 0.15) is 43.9 Å². The second kappa shape index (κ2) is 14.1. The summed E-state index contributed by atoms with van der Waals surface area (Å²) in [5.41, 5.74) is 2.40. The smallest absolute Gasteiger partial charge is 0.244 e. The van der Waals surface area contributed by atoms with Gasteiger partial charge < -0.3 is 10.2 Å². The number of hydrogen-bond acceptors (Lipinski definition) is 4. The molecule has 0 radical (unpaired) electrons. The molecule has 0 aliphatic rings. The number of nitrogens with one attached hydrogen (secondary N) is 1. The molecule has 0 fully saturated rings. The van der Waals surface area contributed by atoms with E-state index in [0.717, 1.165) is 28.1 Å². The summed E-state index contributed by atoms with van der Waals surface area (Å²) in [6.45, 7) is 5.05. The standard InChI is InChI=1S/C31H38FN3O4S/c1-5-23(3)33-31(37)29(20-25-12-8-7-9-13-25)34(21-26-14-10-11-15-28(26)32)30(36)22-35(40(4,38)39)27-18-16-24(6-2)17-19-27/h7-19,23,29H,5-6,20-22H2,1-4H3,(H,33,37)/t23-,29+/m1/s1. The van der Waals surface area contributed by atoms with E-state index in [1.165, 1.54) is 11.0 Å². The van der Waals surface area contributed by atoms with Crippen molar-refractivity contribution in [3.05, 3.63) is 101 Å². The molecule has 2 atom stereocenters. The molecular formula is C31H38FN3O4S. The molecular weight excluding hydrogens is 529 g/mol. The van der Waals surface area contributed by atoms with Gasteiger partial charge in [-0.25, -0.2) is 12.8 Å². The van der Waals surface area contributed by atoms with E-state index in [4.69, 9.17) is 0 Å². The van der Waals surface area contributed by atoms with Crippen molar-refractivity contribution in [2.75, 3.05) is 17.1 Å². The van der Waals surface area contributed by atoms with Crippen LogP contribution < -0.4 is 9.62 Å². The first-order valence-corrected chi connectivity index (χ1v) is 15.3. The molecule has 2 amide bonds. The molecule has 0 aromatic heterocycles. The molecule has 40 heavy (non-hydrogen) atoms. The largest absolute Gasteiger partial charge is 0.352 e. The molecule has 0 spiro atoms. The normalized spacial score (nSPS) is 12.8. The van der Waals surface area contributed by atoms with Crippen LogP contribution in [0.5, 0.6) is 0 Å². The van der Waals surface area contributed by atoms with Gasteiger partial charge in [-0.15, -0.1) is 0 Å². The Labute approximate surface area is 237 Å². The average molecular weight is 568 g/mol. The molecule has 3 aromatic rings. The van der Waals surface area contributed by atoms with Crippen molar-refractivity contribution in [3.8, 4) is 0 Å². The van der Waals surface area contributed by atoms with Crippen LogP contribution in [0, 0.1) is 5.82 Å². The third-order valence-electron chi connectivity index (χ3n) is 6.88. The van der Waals surface area contributed by atoms with Crippen LogP contribution in [0.25, 0.3) is 0 Å². The van der Waals surface area contributed by atoms with Gasteiger partial charge in [-0.05, 0) is 49.1 Å². The fourth-order valence-electron chi connectivity index (χ4n) is 4.32. The molecule has 3 aromatic carbocycles. The highest BCUT2D eigenvalue weighted by Gasteiger charge is 2.33. The number of sulfonamides is 1. The third-order valence-corrected chi connectivity index (χ3v) is 8.02. The molecule has 9 heteroatoms. The summed E-state index contributed by atoms with van der Waals surface area (Å²) in [6, 6.07) is 21.1. The Morgan fingerprint density at radius 2 is 1.52 bits per heavy atom. The molecule has 0 aliphatic heterocycles. The maximum absolute atomic E-state index is 14.8. The predicted molar refractivity (Wildman–Crippen MR) is 157 cm³/mol. The van der Waals surface area contributed by atoms with Gasteiger partial charge in [0.05, 0.1) is 11.9 Å². The molecule has 1 N–H and O–H groups in total. The van der Waals surface area contributed by atoms with E-state index in [9.17, 15) is 22.4 Å². The van der Waals surface area contributed by atoms with Crippen LogP contribution in [0.2, 0.25) is 0 Å². The lowest BCUT2D eigenvalue weighted by Gasteiger charge is -2.34. The van der Waals surface area contributed by atoms with Gasteiger partial charge in [-0.3, -0.25) is 13.9 Å². The average Bonchev–Trinajstić information content (AvgIpc) is 2.94. The van der Waals surface area contributed by atoms with E-state index < -0.39 is 34.3 Å². The lowest BCUT2D eigenvalue weighted by molar-refractivity contribution is -0.140. The number of rotatable bonds is 13. The van der Waals surface area contributed by atoms with Crippen molar-refractivity contribution in [2.24, 2.45) is 0 Å². The lowest BCUT2D eigenvalue weighted by atomic mass is 10.0. The number of anilines is 1. The highest BCUT2D eigenvalue weighted by Crippen LogP contribution is 2.22. The summed E-state index contributed by atoms with van der Waals surface area (Å²) >= 11 is 0. The number of amides is 2. The first kappa shape index (κ1) is 30.8. The Morgan fingerprint density at radius 3 is 2.10 bits per heavy atom. The number of benzene rings is 3. The topological polar surface area (TPSA) is 86.8 Å². The minimum Gasteiger partial charge on any atom is -0.352 e. The zero-order valence-electron chi connectivity index (χ0n) is 23.5. The fraction of sp³-hybridized carbons (Fsp3) is 0.355. The Hall–Kier alpha value is -3.72. The molecule has 3 rings (SSSR count). The number of halogens is 1. The van der Waals surface area contributed by atoms with Crippen molar-refractivity contribution in [3.63, 3.8) is 0 Å². The number of carbonyl (C=O) groups excluding carboxylic acids is 2. The van der Waals surface area contributed by atoms with E-state index in [1.807, 2.05) is 63.2 Å². The minimum absolute atomic E-state index is 0.152. The van der Waals surface area contributed by atoms with Gasteiger partial charge >= 0.3 is 0 Å². The SMILES string of the molecule is CCc1ccc(N(CC(=O)N(Cc2ccccc2F)[C@@H](Cc2ccccc2)C(=O)N[C@H](C)CC)S(C)(=O)=O)cc1. The summed E-state index contributed by atoms with van der Waals surface area (Å²) in [4.78, 5) is 28.9. The maximum atomic E-state index is 14.8. The molecule has 7 nitrogen and oxygen atoms in total. The zero-order valence-corrected chi connectivity index (χ0v) is 24.3. The van der Waals surface area contributed by atoms with Crippen molar-refractivity contribution < 1.29 is 22.4 Å². The third kappa shape index (κ3) is 8.39. The summed E-state index contributed by atoms with van der Waals surface area (Å²) in [5.74, 6) is -1.52. The number of nitrogens with zero attached hydrogens (tertiary/aromatic N) is 2. The van der Waals surface area contributed by atoms with Crippen LogP contribution in [0.15, 0.2) is 78.9 Å². The molecule has 0 heterocycles. The van der Waals surface area contributed by atoms with E-state index >= 15 is 0 Å². The molecule has 0 saturated heterocycles. The van der Waals surface area contributed by atoms with Gasteiger partial charge in [0.1, 0.15) is 18.4 Å². The Balaban J connectivity index is 2.06. The van der Waals surface area contributed by atoms with Gasteiger partial charge in [0.25, 0.3) is 0 Å². The highest BCUT2D eigenvalue weighted by molar-refractivity contribution is 7.92. The monoisotopic (exact) mass is 567 g/mol. The van der Waals surface area contributed by atoms with Crippen LogP contribution in [0.4, 0.5) is 10.1 Å². The van der Waals surface area contributed by atoms with E-state index in [2.05, 4.69) is 5.32 Å². The minimum atomic E-state index is -3.86. The Morgan fingerprint density at radius 1 is 0.900 bits per heavy atom. The lowest BCUT2D eigenvalue weighted by Crippen LogP contribution is -2.54. The first-order chi connectivity index (χ1) is 19.0. The number of aryl methyl sites for hydroxylation is 1. The fourth-order valence-corrected chi connectivity index (χ4v) is 5.17. The Kier molecular flexibility index (Phi) is 10.8. The van der Waals surface area contributed by atoms with Gasteiger partial charge in [-0.2, -0.15) is 0 Å². The molecule has 0 unspecified atom stereocenters. The number of hydrogen-bond donors (Lipinski definition) is 1. The van der Waals surface area contributed by atoms with Crippen molar-refractivity contribution in [1.82, 2.24) is 10.2 Å². The van der Waals surface area contributed by atoms with Crippen molar-refractivity contribution in [2.45, 2.75) is 58.7 Å². The first-order valence-electron chi connectivity index (χ1n) is 13.5. The second-order valence-electron chi connectivity index (χ2n) is 9.93. The highest BCUT2D eigenvalue weighted by atomic mass is 32.2. The molecule has 214 valence electrons. The van der Waals surface area contributed by atoms with Crippen LogP contribution in [-0.2, 0) is 39.0 Å². The van der Waals surface area contributed by atoms with Gasteiger partial charge in [-0.1, -0.05) is 74.5 Å². The summed E-state index contributed by atoms with van der Waals surface area (Å²) < 4.78 is 41.5. The summed E-state index contributed by atoms with van der Waals surface area (Å²) in [6.07, 6.45) is 2.67.